The fraction of sp³-hybridized carbons (Fsp3) is 0.333. The summed E-state index contributed by atoms with van der Waals surface area (Å²) in [5, 5.41) is 9.13. The number of carbonyl (C=O) groups excluding carboxylic acids is 1. The van der Waals surface area contributed by atoms with Gasteiger partial charge in [0.25, 0.3) is 5.91 Å². The maximum absolute atomic E-state index is 12.7. The number of carboxylic acid groups (broad SMARTS) is 1. The molecule has 2 aromatic carbocycles. The van der Waals surface area contributed by atoms with Gasteiger partial charge in [-0.25, -0.2) is 4.79 Å². The first-order chi connectivity index (χ1) is 12.3. The number of nitrogens with zero attached hydrogens (tertiary/aromatic N) is 1. The highest BCUT2D eigenvalue weighted by atomic mass is 16.5. The van der Waals surface area contributed by atoms with Crippen molar-refractivity contribution in [1.82, 2.24) is 0 Å². The molecular weight excluding hydrogens is 330 g/mol. The first-order valence-corrected chi connectivity index (χ1v) is 8.78. The largest absolute Gasteiger partial charge is 0.480 e. The zero-order valence-corrected chi connectivity index (χ0v) is 15.2. The first kappa shape index (κ1) is 18.0. The molecule has 0 bridgehead atoms. The Bertz CT molecular complexity index is 844. The third kappa shape index (κ3) is 3.72. The summed E-state index contributed by atoms with van der Waals surface area (Å²) in [5.41, 5.74) is 3.03. The molecule has 2 aromatic rings. The van der Waals surface area contributed by atoms with E-state index in [-0.39, 0.29) is 11.5 Å². The topological polar surface area (TPSA) is 66.8 Å². The van der Waals surface area contributed by atoms with Crippen molar-refractivity contribution >= 4 is 17.6 Å². The summed E-state index contributed by atoms with van der Waals surface area (Å²) in [6, 6.07) is 12.5. The number of anilines is 1. The predicted octanol–water partition coefficient (Wildman–Crippen LogP) is 4.00. The van der Waals surface area contributed by atoms with Crippen molar-refractivity contribution in [2.75, 3.05) is 11.4 Å². The molecule has 26 heavy (non-hydrogen) atoms. The van der Waals surface area contributed by atoms with Crippen LogP contribution >= 0.6 is 0 Å². The van der Waals surface area contributed by atoms with Crippen LogP contribution in [0.15, 0.2) is 42.5 Å². The smallest absolute Gasteiger partial charge is 0.335 e. The monoisotopic (exact) mass is 353 g/mol. The summed E-state index contributed by atoms with van der Waals surface area (Å²) in [5.74, 6) is -0.0626. The van der Waals surface area contributed by atoms with Gasteiger partial charge in [0.05, 0.1) is 5.56 Å². The number of carboxylic acids is 1. The molecular formula is C21H23NO4. The van der Waals surface area contributed by atoms with Crippen molar-refractivity contribution < 1.29 is 19.4 Å². The summed E-state index contributed by atoms with van der Waals surface area (Å²) < 4.78 is 5.98. The van der Waals surface area contributed by atoms with Crippen LogP contribution in [0, 0.1) is 6.92 Å². The van der Waals surface area contributed by atoms with Gasteiger partial charge in [-0.2, -0.15) is 0 Å². The number of carbonyl (C=O) groups is 2. The summed E-state index contributed by atoms with van der Waals surface area (Å²) >= 11 is 0. The number of aromatic carboxylic acids is 1. The van der Waals surface area contributed by atoms with Crippen LogP contribution in [0.25, 0.3) is 0 Å². The Morgan fingerprint density at radius 2 is 2.00 bits per heavy atom. The number of ether oxygens (including phenoxy) is 1. The van der Waals surface area contributed by atoms with Gasteiger partial charge >= 0.3 is 5.97 Å². The molecule has 1 saturated heterocycles. The minimum Gasteiger partial charge on any atom is -0.480 e. The second kappa shape index (κ2) is 7.20. The summed E-state index contributed by atoms with van der Waals surface area (Å²) in [6.07, 6.45) is 0.0199. The molecule has 1 aliphatic heterocycles. The molecule has 1 atom stereocenters. The zero-order valence-electron chi connectivity index (χ0n) is 15.2. The second-order valence-electron chi connectivity index (χ2n) is 6.97. The Labute approximate surface area is 153 Å². The number of hydrogen-bond acceptors (Lipinski definition) is 3. The lowest BCUT2D eigenvalue weighted by molar-refractivity contribution is -0.122. The Balaban J connectivity index is 1.78. The summed E-state index contributed by atoms with van der Waals surface area (Å²) in [4.78, 5) is 25.5. The zero-order chi connectivity index (χ0) is 18.8. The maximum atomic E-state index is 12.7. The average molecular weight is 353 g/mol. The van der Waals surface area contributed by atoms with E-state index in [4.69, 9.17) is 9.84 Å². The fourth-order valence-electron chi connectivity index (χ4n) is 3.17. The predicted molar refractivity (Wildman–Crippen MR) is 100 cm³/mol. The van der Waals surface area contributed by atoms with Gasteiger partial charge in [-0.1, -0.05) is 26.0 Å². The van der Waals surface area contributed by atoms with Crippen LogP contribution < -0.4 is 9.64 Å². The molecule has 1 N–H and O–H groups in total. The quantitative estimate of drug-likeness (QED) is 0.882. The minimum atomic E-state index is -1.01. The molecule has 0 aromatic heterocycles. The molecule has 0 saturated carbocycles. The lowest BCUT2D eigenvalue weighted by Crippen LogP contribution is -2.32. The van der Waals surface area contributed by atoms with Crippen LogP contribution in [0.2, 0.25) is 0 Å². The number of hydrogen-bond donors (Lipinski definition) is 1. The Kier molecular flexibility index (Phi) is 4.98. The number of benzene rings is 2. The molecule has 5 heteroatoms. The molecule has 3 rings (SSSR count). The SMILES string of the molecule is Cc1cc(OC2CCN(c3cccc(C(=O)O)c3)C2=O)cc(C(C)C)c1. The van der Waals surface area contributed by atoms with Crippen molar-refractivity contribution in [3.63, 3.8) is 0 Å². The third-order valence-corrected chi connectivity index (χ3v) is 4.58. The van der Waals surface area contributed by atoms with Crippen molar-refractivity contribution in [3.05, 3.63) is 59.2 Å². The first-order valence-electron chi connectivity index (χ1n) is 8.78. The van der Waals surface area contributed by atoms with E-state index in [0.717, 1.165) is 5.56 Å². The standard InChI is InChI=1S/C21H23NO4/c1-13(2)16-9-14(3)10-18(12-16)26-19-7-8-22(20(19)23)17-6-4-5-15(11-17)21(24)25/h4-6,9-13,19H,7-8H2,1-3H3,(H,24,25). The van der Waals surface area contributed by atoms with E-state index >= 15 is 0 Å². The van der Waals surface area contributed by atoms with E-state index in [0.29, 0.717) is 30.3 Å². The molecule has 1 aliphatic rings. The van der Waals surface area contributed by atoms with E-state index in [1.54, 1.807) is 17.0 Å². The fourth-order valence-corrected chi connectivity index (χ4v) is 3.17. The van der Waals surface area contributed by atoms with E-state index in [9.17, 15) is 9.59 Å². The molecule has 1 unspecified atom stereocenters. The van der Waals surface area contributed by atoms with Gasteiger partial charge in [-0.3, -0.25) is 4.79 Å². The van der Waals surface area contributed by atoms with Crippen LogP contribution in [0.4, 0.5) is 5.69 Å². The molecule has 1 amide bonds. The maximum Gasteiger partial charge on any atom is 0.335 e. The second-order valence-corrected chi connectivity index (χ2v) is 6.97. The Morgan fingerprint density at radius 3 is 2.69 bits per heavy atom. The van der Waals surface area contributed by atoms with Gasteiger partial charge in [-0.05, 0) is 54.3 Å². The minimum absolute atomic E-state index is 0.139. The lowest BCUT2D eigenvalue weighted by Gasteiger charge is -2.18. The molecule has 1 heterocycles. The molecule has 1 fully saturated rings. The number of aryl methyl sites for hydroxylation is 1. The molecule has 5 nitrogen and oxygen atoms in total. The van der Waals surface area contributed by atoms with Crippen molar-refractivity contribution in [1.29, 1.82) is 0 Å². The Morgan fingerprint density at radius 1 is 1.23 bits per heavy atom. The van der Waals surface area contributed by atoms with Crippen LogP contribution in [0.3, 0.4) is 0 Å². The van der Waals surface area contributed by atoms with Crippen LogP contribution in [-0.4, -0.2) is 29.6 Å². The van der Waals surface area contributed by atoms with Gasteiger partial charge in [0, 0.05) is 18.7 Å². The van der Waals surface area contributed by atoms with Gasteiger partial charge in [0.2, 0.25) is 0 Å². The van der Waals surface area contributed by atoms with Crippen LogP contribution in [-0.2, 0) is 4.79 Å². The van der Waals surface area contributed by atoms with E-state index < -0.39 is 12.1 Å². The molecule has 0 radical (unpaired) electrons. The highest BCUT2D eigenvalue weighted by Crippen LogP contribution is 2.28. The number of rotatable bonds is 5. The third-order valence-electron chi connectivity index (χ3n) is 4.58. The molecule has 0 spiro atoms. The van der Waals surface area contributed by atoms with E-state index in [2.05, 4.69) is 19.9 Å². The van der Waals surface area contributed by atoms with E-state index in [1.165, 1.54) is 17.7 Å². The summed E-state index contributed by atoms with van der Waals surface area (Å²) in [7, 11) is 0. The van der Waals surface area contributed by atoms with Gasteiger partial charge in [0.15, 0.2) is 6.10 Å². The van der Waals surface area contributed by atoms with Crippen molar-refractivity contribution in [2.45, 2.75) is 39.2 Å². The van der Waals surface area contributed by atoms with Gasteiger partial charge in [-0.15, -0.1) is 0 Å². The van der Waals surface area contributed by atoms with Crippen LogP contribution in [0.5, 0.6) is 5.75 Å². The summed E-state index contributed by atoms with van der Waals surface area (Å²) in [6.45, 7) is 6.77. The van der Waals surface area contributed by atoms with Crippen molar-refractivity contribution in [2.24, 2.45) is 0 Å². The average Bonchev–Trinajstić information content (AvgIpc) is 2.95. The lowest BCUT2D eigenvalue weighted by atomic mass is 10.0. The highest BCUT2D eigenvalue weighted by Gasteiger charge is 2.34. The van der Waals surface area contributed by atoms with Crippen molar-refractivity contribution in [3.8, 4) is 5.75 Å². The molecule has 0 aliphatic carbocycles. The van der Waals surface area contributed by atoms with Crippen LogP contribution in [0.1, 0.15) is 47.7 Å². The van der Waals surface area contributed by atoms with Gasteiger partial charge < -0.3 is 14.7 Å². The highest BCUT2D eigenvalue weighted by molar-refractivity contribution is 6.00. The van der Waals surface area contributed by atoms with E-state index in [1.807, 2.05) is 19.1 Å². The Hall–Kier alpha value is -2.82. The van der Waals surface area contributed by atoms with Gasteiger partial charge in [0.1, 0.15) is 5.75 Å². The normalized spacial score (nSPS) is 17.0. The number of amides is 1. The molecule has 136 valence electrons.